The molecule has 2 N–H and O–H groups in total. The molecule has 0 radical (unpaired) electrons. The van der Waals surface area contributed by atoms with E-state index >= 15 is 0 Å². The van der Waals surface area contributed by atoms with Gasteiger partial charge in [0.2, 0.25) is 11.8 Å². The first-order valence-electron chi connectivity index (χ1n) is 16.4. The topological polar surface area (TPSA) is 83.7 Å². The third kappa shape index (κ3) is 6.01. The zero-order valence-corrected chi connectivity index (χ0v) is 28.0. The maximum absolute atomic E-state index is 14.6. The van der Waals surface area contributed by atoms with Gasteiger partial charge in [0, 0.05) is 35.6 Å². The zero-order valence-electron chi connectivity index (χ0n) is 28.0. The summed E-state index contributed by atoms with van der Waals surface area (Å²) in [7, 11) is 3.04. The van der Waals surface area contributed by atoms with Crippen molar-refractivity contribution in [2.75, 3.05) is 19.5 Å². The van der Waals surface area contributed by atoms with Crippen LogP contribution in [-0.4, -0.2) is 41.5 Å². The first-order chi connectivity index (χ1) is 22.8. The van der Waals surface area contributed by atoms with Crippen molar-refractivity contribution in [3.05, 3.63) is 89.1 Å². The van der Waals surface area contributed by atoms with Crippen LogP contribution in [0, 0.1) is 18.3 Å². The minimum absolute atomic E-state index is 0.00800. The van der Waals surface area contributed by atoms with E-state index in [4.69, 9.17) is 9.47 Å². The lowest BCUT2D eigenvalue weighted by Crippen LogP contribution is -2.57. The molecule has 2 atom stereocenters. The molecule has 1 aromatic heterocycles. The number of nitrogens with zero attached hydrogens (tertiary/aromatic N) is 1. The van der Waals surface area contributed by atoms with E-state index < -0.39 is 17.3 Å². The molecule has 7 nitrogen and oxygen atoms in total. The molecule has 3 aromatic carbocycles. The number of amides is 2. The summed E-state index contributed by atoms with van der Waals surface area (Å²) >= 11 is 0. The SMILES string of the molecule is COc1ccc(NC(=O)C2(N(Cc3ccc(C(F)(F)F)cc3)C(=O)C[C@@H]3[C@@H](c4c(C)[nH]c5ccccc45)C3(C)C)CCCC2)c(OC)c1. The van der Waals surface area contributed by atoms with Gasteiger partial charge in [0.15, 0.2) is 0 Å². The Balaban J connectivity index is 1.34. The molecule has 2 amide bonds. The zero-order chi connectivity index (χ0) is 34.4. The Hall–Kier alpha value is -4.47. The summed E-state index contributed by atoms with van der Waals surface area (Å²) in [6, 6.07) is 18.1. The Bertz CT molecular complexity index is 1820. The quantitative estimate of drug-likeness (QED) is 0.178. The minimum Gasteiger partial charge on any atom is -0.497 e. The smallest absolute Gasteiger partial charge is 0.416 e. The minimum atomic E-state index is -4.48. The Kier molecular flexibility index (Phi) is 8.72. The number of H-pyrrole nitrogens is 1. The average Bonchev–Trinajstić information content (AvgIpc) is 3.41. The summed E-state index contributed by atoms with van der Waals surface area (Å²) < 4.78 is 51.0. The number of hydrogen-bond acceptors (Lipinski definition) is 4. The lowest BCUT2D eigenvalue weighted by Gasteiger charge is -2.40. The van der Waals surface area contributed by atoms with Crippen molar-refractivity contribution in [3.63, 3.8) is 0 Å². The third-order valence-corrected chi connectivity index (χ3v) is 10.6. The van der Waals surface area contributed by atoms with Crippen molar-refractivity contribution in [2.45, 2.75) is 77.1 Å². The van der Waals surface area contributed by atoms with E-state index in [0.717, 1.165) is 41.6 Å². The number of fused-ring (bicyclic) bond motifs is 1. The highest BCUT2D eigenvalue weighted by Gasteiger charge is 2.61. The number of benzene rings is 3. The molecule has 254 valence electrons. The molecule has 0 spiro atoms. The Labute approximate surface area is 278 Å². The number of para-hydroxylation sites is 1. The normalized spacial score (nSPS) is 19.6. The number of aromatic nitrogens is 1. The highest BCUT2D eigenvalue weighted by molar-refractivity contribution is 6.02. The van der Waals surface area contributed by atoms with Crippen LogP contribution in [0.5, 0.6) is 11.5 Å². The van der Waals surface area contributed by atoms with Crippen LogP contribution >= 0.6 is 0 Å². The lowest BCUT2D eigenvalue weighted by molar-refractivity contribution is -0.146. The number of hydrogen-bond donors (Lipinski definition) is 2. The molecule has 0 unspecified atom stereocenters. The summed E-state index contributed by atoms with van der Waals surface area (Å²) in [6.07, 6.45) is -1.94. The van der Waals surface area contributed by atoms with Crippen molar-refractivity contribution in [1.82, 2.24) is 9.88 Å². The maximum Gasteiger partial charge on any atom is 0.416 e. The monoisotopic (exact) mass is 661 g/mol. The fourth-order valence-electron chi connectivity index (χ4n) is 7.88. The summed E-state index contributed by atoms with van der Waals surface area (Å²) in [6.45, 7) is 6.41. The van der Waals surface area contributed by atoms with E-state index in [1.54, 1.807) is 23.1 Å². The molecule has 6 rings (SSSR count). The van der Waals surface area contributed by atoms with Gasteiger partial charge < -0.3 is 24.7 Å². The van der Waals surface area contributed by atoms with E-state index in [1.165, 1.54) is 31.9 Å². The van der Waals surface area contributed by atoms with Crippen LogP contribution in [0.3, 0.4) is 0 Å². The molecule has 0 bridgehead atoms. The second kappa shape index (κ2) is 12.5. The number of anilines is 1. The highest BCUT2D eigenvalue weighted by Crippen LogP contribution is 2.67. The van der Waals surface area contributed by atoms with Crippen molar-refractivity contribution in [1.29, 1.82) is 0 Å². The number of alkyl halides is 3. The number of aryl methyl sites for hydroxylation is 1. The average molecular weight is 662 g/mol. The van der Waals surface area contributed by atoms with Crippen LogP contribution < -0.4 is 14.8 Å². The van der Waals surface area contributed by atoms with Crippen LogP contribution in [0.25, 0.3) is 10.9 Å². The van der Waals surface area contributed by atoms with Crippen molar-refractivity contribution in [2.24, 2.45) is 11.3 Å². The molecular formula is C38H42F3N3O4. The van der Waals surface area contributed by atoms with Gasteiger partial charge in [-0.1, -0.05) is 57.0 Å². The largest absolute Gasteiger partial charge is 0.497 e. The fourth-order valence-corrected chi connectivity index (χ4v) is 7.88. The number of methoxy groups -OCH3 is 2. The Morgan fingerprint density at radius 1 is 0.979 bits per heavy atom. The molecule has 2 saturated carbocycles. The summed E-state index contributed by atoms with van der Waals surface area (Å²) in [5, 5.41) is 4.17. The molecule has 2 aliphatic carbocycles. The van der Waals surface area contributed by atoms with E-state index in [9.17, 15) is 22.8 Å². The number of carbonyl (C=O) groups is 2. The first-order valence-corrected chi connectivity index (χ1v) is 16.4. The summed E-state index contributed by atoms with van der Waals surface area (Å²) in [5.41, 5.74) is 2.17. The number of aromatic amines is 1. The van der Waals surface area contributed by atoms with Gasteiger partial charge in [-0.15, -0.1) is 0 Å². The molecular weight excluding hydrogens is 619 g/mol. The molecule has 0 saturated heterocycles. The lowest BCUT2D eigenvalue weighted by atomic mass is 9.91. The van der Waals surface area contributed by atoms with Gasteiger partial charge in [0.25, 0.3) is 0 Å². The molecule has 10 heteroatoms. The molecule has 4 aromatic rings. The summed E-state index contributed by atoms with van der Waals surface area (Å²) in [4.78, 5) is 34.2. The van der Waals surface area contributed by atoms with Gasteiger partial charge in [0.1, 0.15) is 17.0 Å². The van der Waals surface area contributed by atoms with Crippen LogP contribution in [0.15, 0.2) is 66.7 Å². The third-order valence-electron chi connectivity index (χ3n) is 10.6. The predicted octanol–water partition coefficient (Wildman–Crippen LogP) is 8.62. The first kappa shape index (κ1) is 33.4. The van der Waals surface area contributed by atoms with Crippen molar-refractivity contribution >= 4 is 28.4 Å². The van der Waals surface area contributed by atoms with Gasteiger partial charge in [-0.05, 0) is 78.5 Å². The number of nitrogens with one attached hydrogen (secondary N) is 2. The molecule has 48 heavy (non-hydrogen) atoms. The van der Waals surface area contributed by atoms with Gasteiger partial charge in [-0.25, -0.2) is 0 Å². The van der Waals surface area contributed by atoms with Gasteiger partial charge >= 0.3 is 6.18 Å². The van der Waals surface area contributed by atoms with Crippen LogP contribution in [0.2, 0.25) is 0 Å². The van der Waals surface area contributed by atoms with Crippen LogP contribution in [-0.2, 0) is 22.3 Å². The van der Waals surface area contributed by atoms with Gasteiger partial charge in [0.05, 0.1) is 25.5 Å². The molecule has 0 aliphatic heterocycles. The van der Waals surface area contributed by atoms with Gasteiger partial charge in [-0.2, -0.15) is 13.2 Å². The molecule has 1 heterocycles. The number of ether oxygens (including phenoxy) is 2. The number of halogens is 3. The van der Waals surface area contributed by atoms with Crippen molar-refractivity contribution < 1.29 is 32.2 Å². The number of rotatable bonds is 10. The molecule has 2 fully saturated rings. The Morgan fingerprint density at radius 2 is 1.67 bits per heavy atom. The van der Waals surface area contributed by atoms with Crippen molar-refractivity contribution in [3.8, 4) is 11.5 Å². The summed E-state index contributed by atoms with van der Waals surface area (Å²) in [5.74, 6) is 0.581. The fraction of sp³-hybridized carbons (Fsp3) is 0.421. The second-order valence-corrected chi connectivity index (χ2v) is 13.8. The second-order valence-electron chi connectivity index (χ2n) is 13.8. The predicted molar refractivity (Wildman–Crippen MR) is 179 cm³/mol. The van der Waals surface area contributed by atoms with Gasteiger partial charge in [-0.3, -0.25) is 9.59 Å². The van der Waals surface area contributed by atoms with E-state index in [1.807, 2.05) is 18.2 Å². The maximum atomic E-state index is 14.6. The van der Waals surface area contributed by atoms with Crippen LogP contribution in [0.4, 0.5) is 18.9 Å². The Morgan fingerprint density at radius 3 is 2.31 bits per heavy atom. The number of carbonyl (C=O) groups excluding carboxylic acids is 2. The highest BCUT2D eigenvalue weighted by atomic mass is 19.4. The standard InChI is InChI=1S/C38H42F3N3O4/c1-23-33(27-10-6-7-11-29(27)42-23)34-28(36(34,2)3)21-32(45)44(22-24-12-14-25(15-13-24)38(39,40)41)37(18-8-9-19-37)35(46)43-30-17-16-26(47-4)20-31(30)48-5/h6-7,10-17,20,28,34,42H,8-9,18-19,21-22H2,1-5H3,(H,43,46)/t28-,34+/m1/s1. The van der Waals surface area contributed by atoms with E-state index in [-0.39, 0.29) is 42.0 Å². The van der Waals surface area contributed by atoms with E-state index in [2.05, 4.69) is 37.1 Å². The van der Waals surface area contributed by atoms with Crippen LogP contribution in [0.1, 0.15) is 74.3 Å². The molecule has 2 aliphatic rings. The van der Waals surface area contributed by atoms with E-state index in [0.29, 0.717) is 35.6 Å².